The highest BCUT2D eigenvalue weighted by atomic mass is 32.2. The van der Waals surface area contributed by atoms with Crippen molar-refractivity contribution in [1.29, 1.82) is 0 Å². The Kier molecular flexibility index (Phi) is 5.38. The number of hydrogen-bond donors (Lipinski definition) is 1. The Hall–Kier alpha value is -2.74. The number of anilines is 1. The third kappa shape index (κ3) is 4.06. The molecule has 7 nitrogen and oxygen atoms in total. The van der Waals surface area contributed by atoms with Crippen LogP contribution in [0.5, 0.6) is 0 Å². The van der Waals surface area contributed by atoms with E-state index in [-0.39, 0.29) is 11.2 Å². The number of hydrogen-bond acceptors (Lipinski definition) is 6. The molecule has 144 valence electrons. The molecule has 1 N–H and O–H groups in total. The Morgan fingerprint density at radius 3 is 2.93 bits per heavy atom. The molecule has 0 fully saturated rings. The van der Waals surface area contributed by atoms with Crippen molar-refractivity contribution in [2.75, 3.05) is 5.32 Å². The summed E-state index contributed by atoms with van der Waals surface area (Å²) in [5.74, 6) is 0.291. The molecule has 1 atom stereocenters. The quantitative estimate of drug-likeness (QED) is 0.666. The zero-order valence-electron chi connectivity index (χ0n) is 15.9. The first-order valence-corrected chi connectivity index (χ1v) is 10.2. The monoisotopic (exact) mass is 394 g/mol. The summed E-state index contributed by atoms with van der Waals surface area (Å²) in [6.45, 7) is 2.09. The van der Waals surface area contributed by atoms with Crippen molar-refractivity contribution in [3.63, 3.8) is 0 Å². The van der Waals surface area contributed by atoms with E-state index in [1.807, 2.05) is 29.8 Å². The van der Waals surface area contributed by atoms with Crippen LogP contribution in [0, 0.1) is 0 Å². The van der Waals surface area contributed by atoms with Gasteiger partial charge in [-0.3, -0.25) is 4.79 Å². The molecule has 0 saturated carbocycles. The van der Waals surface area contributed by atoms with Gasteiger partial charge in [-0.15, -0.1) is 10.2 Å². The van der Waals surface area contributed by atoms with E-state index in [1.54, 1.807) is 30.4 Å². The third-order valence-electron chi connectivity index (χ3n) is 4.86. The predicted molar refractivity (Wildman–Crippen MR) is 108 cm³/mol. The maximum Gasteiger partial charge on any atom is 0.275 e. The van der Waals surface area contributed by atoms with Crippen molar-refractivity contribution in [1.82, 2.24) is 24.7 Å². The van der Waals surface area contributed by atoms with Gasteiger partial charge in [0.05, 0.1) is 0 Å². The van der Waals surface area contributed by atoms with Crippen LogP contribution in [0.25, 0.3) is 0 Å². The SMILES string of the molecule is C[C@H](Sc1nncn1C)c1ccnc(NC(=O)c2ccc3c(n2)CCCC3)c1. The fourth-order valence-electron chi connectivity index (χ4n) is 3.26. The van der Waals surface area contributed by atoms with Crippen molar-refractivity contribution >= 4 is 23.5 Å². The number of fused-ring (bicyclic) bond motifs is 1. The summed E-state index contributed by atoms with van der Waals surface area (Å²) < 4.78 is 1.88. The molecule has 1 aliphatic carbocycles. The van der Waals surface area contributed by atoms with Crippen LogP contribution < -0.4 is 5.32 Å². The Bertz CT molecular complexity index is 1000. The van der Waals surface area contributed by atoms with Gasteiger partial charge < -0.3 is 9.88 Å². The lowest BCUT2D eigenvalue weighted by Crippen LogP contribution is -2.17. The van der Waals surface area contributed by atoms with Gasteiger partial charge in [-0.1, -0.05) is 17.8 Å². The maximum absolute atomic E-state index is 12.6. The molecule has 0 unspecified atom stereocenters. The van der Waals surface area contributed by atoms with Crippen LogP contribution in [0.4, 0.5) is 5.82 Å². The molecule has 1 amide bonds. The van der Waals surface area contributed by atoms with Gasteiger partial charge in [-0.05, 0) is 61.9 Å². The van der Waals surface area contributed by atoms with Gasteiger partial charge in [0.1, 0.15) is 17.8 Å². The average Bonchev–Trinajstić information content (AvgIpc) is 3.12. The molecule has 0 aromatic carbocycles. The second kappa shape index (κ2) is 8.10. The number of nitrogens with one attached hydrogen (secondary N) is 1. The van der Waals surface area contributed by atoms with Crippen LogP contribution in [0.3, 0.4) is 0 Å². The fourth-order valence-corrected chi connectivity index (χ4v) is 4.17. The van der Waals surface area contributed by atoms with E-state index in [0.717, 1.165) is 35.7 Å². The molecular weight excluding hydrogens is 372 g/mol. The summed E-state index contributed by atoms with van der Waals surface area (Å²) in [5, 5.41) is 11.9. The molecule has 0 bridgehead atoms. The van der Waals surface area contributed by atoms with E-state index in [9.17, 15) is 4.79 Å². The molecule has 0 aliphatic heterocycles. The maximum atomic E-state index is 12.6. The molecule has 8 heteroatoms. The van der Waals surface area contributed by atoms with Crippen LogP contribution in [0.15, 0.2) is 41.9 Å². The molecule has 3 aromatic heterocycles. The Balaban J connectivity index is 1.47. The highest BCUT2D eigenvalue weighted by molar-refractivity contribution is 7.99. The van der Waals surface area contributed by atoms with Gasteiger partial charge in [-0.25, -0.2) is 9.97 Å². The van der Waals surface area contributed by atoms with Crippen molar-refractivity contribution in [2.45, 2.75) is 43.0 Å². The van der Waals surface area contributed by atoms with Gasteiger partial charge in [0.2, 0.25) is 0 Å². The summed E-state index contributed by atoms with van der Waals surface area (Å²) in [7, 11) is 1.92. The molecule has 3 aromatic rings. The Morgan fingerprint density at radius 2 is 2.11 bits per heavy atom. The molecule has 0 radical (unpaired) electrons. The summed E-state index contributed by atoms with van der Waals surface area (Å²) in [4.78, 5) is 21.5. The summed E-state index contributed by atoms with van der Waals surface area (Å²) in [6, 6.07) is 7.67. The number of aryl methyl sites for hydroxylation is 3. The van der Waals surface area contributed by atoms with Crippen LogP contribution >= 0.6 is 11.8 Å². The van der Waals surface area contributed by atoms with Gasteiger partial charge >= 0.3 is 0 Å². The van der Waals surface area contributed by atoms with Crippen molar-refractivity contribution < 1.29 is 4.79 Å². The smallest absolute Gasteiger partial charge is 0.275 e. The number of rotatable bonds is 5. The summed E-state index contributed by atoms with van der Waals surface area (Å²) in [6.07, 6.45) is 7.71. The van der Waals surface area contributed by atoms with Crippen LogP contribution in [0.2, 0.25) is 0 Å². The zero-order chi connectivity index (χ0) is 19.5. The number of pyridine rings is 2. The average molecular weight is 395 g/mol. The molecule has 0 saturated heterocycles. The second-order valence-corrected chi connectivity index (χ2v) is 8.23. The number of carbonyl (C=O) groups excluding carboxylic acids is 1. The highest BCUT2D eigenvalue weighted by Gasteiger charge is 2.16. The second-order valence-electron chi connectivity index (χ2n) is 6.92. The van der Waals surface area contributed by atoms with E-state index < -0.39 is 0 Å². The molecule has 1 aliphatic rings. The van der Waals surface area contributed by atoms with E-state index in [1.165, 1.54) is 12.0 Å². The lowest BCUT2D eigenvalue weighted by molar-refractivity contribution is 0.102. The van der Waals surface area contributed by atoms with Gasteiger partial charge in [0.25, 0.3) is 5.91 Å². The minimum Gasteiger partial charge on any atom is -0.312 e. The van der Waals surface area contributed by atoms with Crippen LogP contribution in [0.1, 0.15) is 52.3 Å². The molecule has 0 spiro atoms. The van der Waals surface area contributed by atoms with E-state index in [0.29, 0.717) is 11.5 Å². The largest absolute Gasteiger partial charge is 0.312 e. The summed E-state index contributed by atoms with van der Waals surface area (Å²) in [5.41, 5.74) is 3.80. The molecular formula is C20H22N6OS. The van der Waals surface area contributed by atoms with Gasteiger partial charge in [-0.2, -0.15) is 0 Å². The number of nitrogens with zero attached hydrogens (tertiary/aromatic N) is 5. The predicted octanol–water partition coefficient (Wildman–Crippen LogP) is 3.59. The van der Waals surface area contributed by atoms with Crippen LogP contribution in [-0.2, 0) is 19.9 Å². The first-order valence-electron chi connectivity index (χ1n) is 9.37. The number of thioether (sulfide) groups is 1. The number of carbonyl (C=O) groups is 1. The lowest BCUT2D eigenvalue weighted by Gasteiger charge is -2.15. The molecule has 4 rings (SSSR count). The number of aromatic nitrogens is 5. The number of amides is 1. The lowest BCUT2D eigenvalue weighted by atomic mass is 9.96. The first-order chi connectivity index (χ1) is 13.6. The third-order valence-corrected chi connectivity index (χ3v) is 6.06. The van der Waals surface area contributed by atoms with Crippen LogP contribution in [-0.4, -0.2) is 30.6 Å². The van der Waals surface area contributed by atoms with E-state index in [2.05, 4.69) is 32.4 Å². The van der Waals surface area contributed by atoms with Gasteiger partial charge in [0, 0.05) is 24.2 Å². The zero-order valence-corrected chi connectivity index (χ0v) is 16.7. The Morgan fingerprint density at radius 1 is 1.25 bits per heavy atom. The topological polar surface area (TPSA) is 85.6 Å². The minimum absolute atomic E-state index is 0.142. The summed E-state index contributed by atoms with van der Waals surface area (Å²) >= 11 is 1.61. The Labute approximate surface area is 168 Å². The minimum atomic E-state index is -0.230. The normalized spacial score (nSPS) is 14.4. The van der Waals surface area contributed by atoms with Crippen molar-refractivity contribution in [3.8, 4) is 0 Å². The first kappa shape index (κ1) is 18.6. The fraction of sp³-hybridized carbons (Fsp3) is 0.350. The van der Waals surface area contributed by atoms with Crippen molar-refractivity contribution in [3.05, 3.63) is 59.3 Å². The molecule has 28 heavy (non-hydrogen) atoms. The molecule has 3 heterocycles. The van der Waals surface area contributed by atoms with E-state index in [4.69, 9.17) is 0 Å². The van der Waals surface area contributed by atoms with E-state index >= 15 is 0 Å². The van der Waals surface area contributed by atoms with Crippen molar-refractivity contribution in [2.24, 2.45) is 7.05 Å². The standard InChI is InChI=1S/C20H22N6OS/c1-13(28-20-25-22-12-26(20)2)15-9-10-21-18(11-15)24-19(27)17-8-7-14-5-3-4-6-16(14)23-17/h7-13H,3-6H2,1-2H3,(H,21,24,27)/t13-/m0/s1. The van der Waals surface area contributed by atoms with Gasteiger partial charge in [0.15, 0.2) is 5.16 Å². The highest BCUT2D eigenvalue weighted by Crippen LogP contribution is 2.33.